The van der Waals surface area contributed by atoms with E-state index in [2.05, 4.69) is 18.9 Å². The molecule has 0 bridgehead atoms. The second-order valence-corrected chi connectivity index (χ2v) is 4.82. The van der Waals surface area contributed by atoms with E-state index in [1.165, 1.54) is 6.20 Å². The predicted octanol–water partition coefficient (Wildman–Crippen LogP) is 0.894. The zero-order valence-electron chi connectivity index (χ0n) is 9.14. The average molecular weight is 286 g/mol. The normalized spacial score (nSPS) is 12.4. The monoisotopic (exact) mass is 286 g/mol. The lowest BCUT2D eigenvalue weighted by Crippen LogP contribution is -2.20. The van der Waals surface area contributed by atoms with Crippen molar-refractivity contribution in [3.05, 3.63) is 18.1 Å². The first-order valence-corrected chi connectivity index (χ1v) is 6.33. The van der Waals surface area contributed by atoms with Crippen LogP contribution in [0, 0.1) is 0 Å². The van der Waals surface area contributed by atoms with Gasteiger partial charge in [-0.2, -0.15) is 21.6 Å². The van der Waals surface area contributed by atoms with Crippen LogP contribution in [0.15, 0.2) is 12.4 Å². The third-order valence-electron chi connectivity index (χ3n) is 1.52. The van der Waals surface area contributed by atoms with Gasteiger partial charge in [0.1, 0.15) is 12.3 Å². The van der Waals surface area contributed by atoms with E-state index in [1.54, 1.807) is 0 Å². The molecule has 0 saturated heterocycles. The Kier molecular flexibility index (Phi) is 4.46. The Bertz CT molecular complexity index is 503. The van der Waals surface area contributed by atoms with E-state index in [4.69, 9.17) is 0 Å². The minimum atomic E-state index is -4.52. The van der Waals surface area contributed by atoms with Gasteiger partial charge in [-0.1, -0.05) is 0 Å². The molecule has 0 radical (unpaired) electrons. The van der Waals surface area contributed by atoms with Crippen LogP contribution in [-0.2, 0) is 20.9 Å². The minimum Gasteiger partial charge on any atom is -0.467 e. The van der Waals surface area contributed by atoms with Crippen molar-refractivity contribution in [3.63, 3.8) is 0 Å². The van der Waals surface area contributed by atoms with Crippen molar-refractivity contribution in [2.45, 2.75) is 12.8 Å². The molecule has 0 N–H and O–H groups in total. The number of rotatable bonds is 5. The molecular weight excluding hydrogens is 277 g/mol. The summed E-state index contributed by atoms with van der Waals surface area (Å²) in [5, 5.41) is 0. The second kappa shape index (κ2) is 5.48. The van der Waals surface area contributed by atoms with Gasteiger partial charge in [-0.05, 0) is 0 Å². The first-order valence-electron chi connectivity index (χ1n) is 4.51. The summed E-state index contributed by atoms with van der Waals surface area (Å²) in [6.07, 6.45) is -1.41. The molecule has 1 heterocycles. The summed E-state index contributed by atoms with van der Waals surface area (Å²) in [5.41, 5.74) is -0.132. The van der Waals surface area contributed by atoms with Crippen LogP contribution in [0.3, 0.4) is 0 Å². The summed E-state index contributed by atoms with van der Waals surface area (Å²) in [7, 11) is -3.73. The molecule has 102 valence electrons. The fraction of sp³-hybridized carbons (Fsp3) is 0.500. The standard InChI is InChI=1S/C8H9F3N2O4S/c1-18(14,15)17-4-6-7(13-3-2-12-6)16-5-8(9,10)11/h2-3H,4-5H2,1H3. The number of halogens is 3. The average Bonchev–Trinajstić information content (AvgIpc) is 2.22. The fourth-order valence-corrected chi connectivity index (χ4v) is 1.21. The van der Waals surface area contributed by atoms with E-state index in [9.17, 15) is 21.6 Å². The van der Waals surface area contributed by atoms with E-state index in [-0.39, 0.29) is 5.69 Å². The third kappa shape index (κ3) is 5.77. The molecule has 0 aliphatic heterocycles. The molecule has 6 nitrogen and oxygen atoms in total. The maximum Gasteiger partial charge on any atom is 0.422 e. The molecule has 0 fully saturated rings. The van der Waals surface area contributed by atoms with Crippen LogP contribution in [0.25, 0.3) is 0 Å². The highest BCUT2D eigenvalue weighted by Gasteiger charge is 2.29. The first kappa shape index (κ1) is 14.6. The zero-order chi connectivity index (χ0) is 13.8. The zero-order valence-corrected chi connectivity index (χ0v) is 9.95. The number of hydrogen-bond acceptors (Lipinski definition) is 6. The van der Waals surface area contributed by atoms with Crippen LogP contribution >= 0.6 is 0 Å². The van der Waals surface area contributed by atoms with Gasteiger partial charge >= 0.3 is 6.18 Å². The lowest BCUT2D eigenvalue weighted by molar-refractivity contribution is -0.154. The lowest BCUT2D eigenvalue weighted by Gasteiger charge is -2.10. The van der Waals surface area contributed by atoms with Crippen LogP contribution in [0.1, 0.15) is 5.69 Å². The Labute approximate surface area is 101 Å². The summed E-state index contributed by atoms with van der Waals surface area (Å²) in [6.45, 7) is -2.09. The third-order valence-corrected chi connectivity index (χ3v) is 2.06. The topological polar surface area (TPSA) is 78.4 Å². The van der Waals surface area contributed by atoms with Crippen LogP contribution in [0.4, 0.5) is 13.2 Å². The SMILES string of the molecule is CS(=O)(=O)OCc1nccnc1OCC(F)(F)F. The second-order valence-electron chi connectivity index (χ2n) is 3.18. The Morgan fingerprint density at radius 2 is 1.89 bits per heavy atom. The molecule has 0 unspecified atom stereocenters. The largest absolute Gasteiger partial charge is 0.467 e. The van der Waals surface area contributed by atoms with Gasteiger partial charge in [0.05, 0.1) is 6.26 Å². The maximum absolute atomic E-state index is 11.9. The van der Waals surface area contributed by atoms with Gasteiger partial charge in [0, 0.05) is 12.4 Å². The molecule has 10 heteroatoms. The predicted molar refractivity (Wildman–Crippen MR) is 53.2 cm³/mol. The summed E-state index contributed by atoms with van der Waals surface area (Å²) < 4.78 is 66.1. The number of alkyl halides is 3. The van der Waals surface area contributed by atoms with Crippen molar-refractivity contribution in [1.29, 1.82) is 0 Å². The quantitative estimate of drug-likeness (QED) is 0.748. The molecule has 1 rings (SSSR count). The Balaban J connectivity index is 2.74. The van der Waals surface area contributed by atoms with Gasteiger partial charge in [0.2, 0.25) is 5.88 Å². The van der Waals surface area contributed by atoms with Gasteiger partial charge in [-0.15, -0.1) is 0 Å². The number of aromatic nitrogens is 2. The smallest absolute Gasteiger partial charge is 0.422 e. The molecule has 1 aromatic rings. The van der Waals surface area contributed by atoms with Crippen molar-refractivity contribution in [1.82, 2.24) is 9.97 Å². The van der Waals surface area contributed by atoms with E-state index in [1.807, 2.05) is 0 Å². The van der Waals surface area contributed by atoms with Gasteiger partial charge in [-0.3, -0.25) is 9.17 Å². The number of ether oxygens (including phenoxy) is 1. The van der Waals surface area contributed by atoms with Gasteiger partial charge in [0.15, 0.2) is 6.61 Å². The van der Waals surface area contributed by atoms with Gasteiger partial charge in [-0.25, -0.2) is 4.98 Å². The molecule has 18 heavy (non-hydrogen) atoms. The molecular formula is C8H9F3N2O4S. The summed E-state index contributed by atoms with van der Waals surface area (Å²) in [5.74, 6) is -0.418. The molecule has 0 amide bonds. The molecule has 0 atom stereocenters. The lowest BCUT2D eigenvalue weighted by atomic mass is 10.4. The molecule has 0 spiro atoms. The molecule has 1 aromatic heterocycles. The van der Waals surface area contributed by atoms with Gasteiger partial charge < -0.3 is 4.74 Å². The Morgan fingerprint density at radius 3 is 2.44 bits per heavy atom. The van der Waals surface area contributed by atoms with Crippen LogP contribution in [-0.4, -0.2) is 37.4 Å². The van der Waals surface area contributed by atoms with E-state index in [0.29, 0.717) is 0 Å². The summed E-state index contributed by atoms with van der Waals surface area (Å²) in [4.78, 5) is 7.16. The van der Waals surface area contributed by atoms with Crippen molar-refractivity contribution >= 4 is 10.1 Å². The van der Waals surface area contributed by atoms with E-state index in [0.717, 1.165) is 12.5 Å². The molecule has 0 aromatic carbocycles. The Hall–Kier alpha value is -1.42. The minimum absolute atomic E-state index is 0.132. The molecule has 0 aliphatic carbocycles. The highest BCUT2D eigenvalue weighted by atomic mass is 32.2. The fourth-order valence-electron chi connectivity index (χ4n) is 0.887. The van der Waals surface area contributed by atoms with Crippen LogP contribution < -0.4 is 4.74 Å². The highest BCUT2D eigenvalue weighted by Crippen LogP contribution is 2.19. The maximum atomic E-state index is 11.9. The van der Waals surface area contributed by atoms with Crippen molar-refractivity contribution in [2.24, 2.45) is 0 Å². The molecule has 0 saturated carbocycles. The number of hydrogen-bond donors (Lipinski definition) is 0. The Morgan fingerprint density at radius 1 is 1.28 bits per heavy atom. The van der Waals surface area contributed by atoms with Crippen LogP contribution in [0.2, 0.25) is 0 Å². The number of nitrogens with zero attached hydrogens (tertiary/aromatic N) is 2. The first-order chi connectivity index (χ1) is 8.17. The molecule has 0 aliphatic rings. The van der Waals surface area contributed by atoms with Crippen molar-refractivity contribution in [3.8, 4) is 5.88 Å². The summed E-state index contributed by atoms with van der Waals surface area (Å²) >= 11 is 0. The van der Waals surface area contributed by atoms with E-state index < -0.39 is 35.4 Å². The highest BCUT2D eigenvalue weighted by molar-refractivity contribution is 7.85. The van der Waals surface area contributed by atoms with E-state index >= 15 is 0 Å². The van der Waals surface area contributed by atoms with Gasteiger partial charge in [0.25, 0.3) is 10.1 Å². The summed E-state index contributed by atoms with van der Waals surface area (Å²) in [6, 6.07) is 0. The van der Waals surface area contributed by atoms with Crippen molar-refractivity contribution < 1.29 is 30.5 Å². The van der Waals surface area contributed by atoms with Crippen molar-refractivity contribution in [2.75, 3.05) is 12.9 Å². The van der Waals surface area contributed by atoms with Crippen LogP contribution in [0.5, 0.6) is 5.88 Å².